The Labute approximate surface area is 221 Å². The van der Waals surface area contributed by atoms with E-state index < -0.39 is 5.91 Å². The van der Waals surface area contributed by atoms with Crippen LogP contribution in [0.4, 0.5) is 0 Å². The lowest BCUT2D eigenvalue weighted by atomic mass is 10.2. The molecule has 2 heterocycles. The van der Waals surface area contributed by atoms with Crippen LogP contribution in [-0.4, -0.2) is 40.8 Å². The van der Waals surface area contributed by atoms with Gasteiger partial charge in [0.1, 0.15) is 0 Å². The molecule has 2 N–H and O–H groups in total. The predicted molar refractivity (Wildman–Crippen MR) is 150 cm³/mol. The second kappa shape index (κ2) is 17.9. The molecule has 1 aliphatic rings. The molecule has 0 unspecified atom stereocenters. The van der Waals surface area contributed by atoms with E-state index in [1.54, 1.807) is 11.8 Å². The van der Waals surface area contributed by atoms with Crippen LogP contribution >= 0.6 is 0 Å². The standard InChI is InChI=1S/C30H42N4O3/c1-3-4-5-6-7-8-9-10-11-12-13-14-15-16-17-18-19-20-29(35)33-22-21-27(25-33)32-30(36)28-23-31-26(2)24-34(28)37/h4-5,7-8,10-11,13-14,16-17,23-24,27H,3,6,9,12,15,18-22,25H2,1-2H3,(H-,31,32,36,37)/p+1/b5-4-,8-7-,11-10-,14-13-,17-16-/t27-/m1/s1. The molecule has 1 aromatic heterocycles. The largest absolute Gasteiger partial charge is 0.354 e. The van der Waals surface area contributed by atoms with Crippen LogP contribution in [0.15, 0.2) is 73.2 Å². The highest BCUT2D eigenvalue weighted by atomic mass is 16.3. The SMILES string of the molecule is CC/C=C\C/C=C\C/C=C\C/C=C\C/C=C\CCCC(=O)N1CC[C@@H](NC(=O)c2c[nH]c(C)c[n+]2=O)C1. The van der Waals surface area contributed by atoms with Gasteiger partial charge in [0.25, 0.3) is 0 Å². The van der Waals surface area contributed by atoms with Gasteiger partial charge in [0, 0.05) is 30.5 Å². The molecule has 0 radical (unpaired) electrons. The Balaban J connectivity index is 1.53. The van der Waals surface area contributed by atoms with Gasteiger partial charge in [-0.2, -0.15) is 0 Å². The number of carbonyl (C=O) groups is 2. The second-order valence-corrected chi connectivity index (χ2v) is 9.21. The number of aryl methyl sites for hydroxylation is 1. The molecular formula is C30H43N4O3+. The molecule has 7 heteroatoms. The summed E-state index contributed by atoms with van der Waals surface area (Å²) in [5, 5.41) is 2.87. The summed E-state index contributed by atoms with van der Waals surface area (Å²) in [6, 6.07) is -0.135. The number of carbonyl (C=O) groups excluding carboxylic acids is 2. The van der Waals surface area contributed by atoms with Crippen LogP contribution in [0, 0.1) is 11.8 Å². The molecule has 200 valence electrons. The van der Waals surface area contributed by atoms with E-state index in [-0.39, 0.29) is 17.6 Å². The third kappa shape index (κ3) is 12.4. The highest BCUT2D eigenvalue weighted by Crippen LogP contribution is 2.13. The molecule has 1 atom stereocenters. The van der Waals surface area contributed by atoms with E-state index in [4.69, 9.17) is 0 Å². The zero-order valence-corrected chi connectivity index (χ0v) is 22.4. The first-order valence-corrected chi connectivity index (χ1v) is 13.5. The van der Waals surface area contributed by atoms with E-state index in [0.29, 0.717) is 36.1 Å². The number of likely N-dealkylation sites (tertiary alicyclic amines) is 1. The molecule has 1 aromatic rings. The number of unbranched alkanes of at least 4 members (excludes halogenated alkanes) is 1. The molecule has 2 rings (SSSR count). The highest BCUT2D eigenvalue weighted by Gasteiger charge is 2.29. The van der Waals surface area contributed by atoms with Crippen molar-refractivity contribution in [3.05, 3.63) is 89.4 Å². The highest BCUT2D eigenvalue weighted by molar-refractivity contribution is 5.90. The number of nitrogens with one attached hydrogen (secondary N) is 2. The third-order valence-electron chi connectivity index (χ3n) is 6.01. The summed E-state index contributed by atoms with van der Waals surface area (Å²) >= 11 is 0. The smallest absolute Gasteiger partial charge is 0.342 e. The van der Waals surface area contributed by atoms with Gasteiger partial charge in [-0.25, -0.2) is 0 Å². The Morgan fingerprint density at radius 1 is 1.00 bits per heavy atom. The molecule has 1 fully saturated rings. The van der Waals surface area contributed by atoms with E-state index in [9.17, 15) is 14.5 Å². The number of aromatic nitrogens is 2. The summed E-state index contributed by atoms with van der Waals surface area (Å²) in [6.07, 6.45) is 32.3. The quantitative estimate of drug-likeness (QED) is 0.187. The fraction of sp³-hybridized carbons (Fsp3) is 0.467. The van der Waals surface area contributed by atoms with Gasteiger partial charge in [-0.05, 0) is 58.3 Å². The average Bonchev–Trinajstić information content (AvgIpc) is 3.34. The van der Waals surface area contributed by atoms with Crippen LogP contribution in [0.25, 0.3) is 0 Å². The van der Waals surface area contributed by atoms with Crippen molar-refractivity contribution < 1.29 is 14.0 Å². The molecule has 0 saturated carbocycles. The first-order valence-electron chi connectivity index (χ1n) is 13.5. The van der Waals surface area contributed by atoms with E-state index in [2.05, 4.69) is 78.0 Å². The van der Waals surface area contributed by atoms with Crippen molar-refractivity contribution in [2.75, 3.05) is 13.1 Å². The van der Waals surface area contributed by atoms with Crippen molar-refractivity contribution in [2.24, 2.45) is 0 Å². The van der Waals surface area contributed by atoms with Gasteiger partial charge in [-0.1, -0.05) is 67.7 Å². The minimum Gasteiger partial charge on any atom is -0.354 e. The van der Waals surface area contributed by atoms with Gasteiger partial charge in [-0.3, -0.25) is 9.59 Å². The van der Waals surface area contributed by atoms with Gasteiger partial charge in [0.15, 0.2) is 0 Å². The zero-order valence-electron chi connectivity index (χ0n) is 22.4. The molecule has 1 aliphatic heterocycles. The molecule has 0 bridgehead atoms. The Bertz CT molecular complexity index is 1050. The lowest BCUT2D eigenvalue weighted by molar-refractivity contribution is -0.498. The first kappa shape index (κ1) is 29.7. The van der Waals surface area contributed by atoms with E-state index in [1.165, 1.54) is 12.4 Å². The molecule has 1 saturated heterocycles. The molecule has 0 spiro atoms. The summed E-state index contributed by atoms with van der Waals surface area (Å²) in [6.45, 7) is 5.01. The van der Waals surface area contributed by atoms with Crippen LogP contribution in [0.5, 0.6) is 0 Å². The monoisotopic (exact) mass is 507 g/mol. The Hall–Kier alpha value is -3.48. The van der Waals surface area contributed by atoms with E-state index in [0.717, 1.165) is 44.9 Å². The predicted octanol–water partition coefficient (Wildman–Crippen LogP) is 5.49. The van der Waals surface area contributed by atoms with Crippen molar-refractivity contribution in [1.82, 2.24) is 15.2 Å². The second-order valence-electron chi connectivity index (χ2n) is 9.21. The number of aromatic amines is 1. The lowest BCUT2D eigenvalue weighted by Crippen LogP contribution is -2.41. The number of allylic oxidation sites excluding steroid dienone is 10. The Morgan fingerprint density at radius 2 is 1.59 bits per heavy atom. The van der Waals surface area contributed by atoms with Crippen LogP contribution in [0.2, 0.25) is 0 Å². The van der Waals surface area contributed by atoms with Crippen molar-refractivity contribution in [3.8, 4) is 0 Å². The number of hydrogen-bond acceptors (Lipinski definition) is 3. The first-order chi connectivity index (χ1) is 18.0. The lowest BCUT2D eigenvalue weighted by Gasteiger charge is -2.16. The van der Waals surface area contributed by atoms with Crippen LogP contribution < -0.4 is 9.74 Å². The van der Waals surface area contributed by atoms with Crippen molar-refractivity contribution in [3.63, 3.8) is 0 Å². The normalized spacial score (nSPS) is 16.4. The fourth-order valence-electron chi connectivity index (χ4n) is 3.96. The van der Waals surface area contributed by atoms with Gasteiger partial charge in [0.2, 0.25) is 12.1 Å². The number of rotatable bonds is 15. The maximum Gasteiger partial charge on any atom is 0.342 e. The molecule has 37 heavy (non-hydrogen) atoms. The fourth-order valence-corrected chi connectivity index (χ4v) is 3.96. The van der Waals surface area contributed by atoms with Gasteiger partial charge >= 0.3 is 11.6 Å². The van der Waals surface area contributed by atoms with Crippen LogP contribution in [0.3, 0.4) is 0 Å². The topological polar surface area (TPSA) is 88.2 Å². The molecule has 7 nitrogen and oxygen atoms in total. The molecule has 2 amide bonds. The minimum atomic E-state index is -0.427. The summed E-state index contributed by atoms with van der Waals surface area (Å²) < 4.78 is 0.563. The molecule has 0 aromatic carbocycles. The Morgan fingerprint density at radius 3 is 2.19 bits per heavy atom. The van der Waals surface area contributed by atoms with Gasteiger partial charge in [-0.15, -0.1) is 0 Å². The summed E-state index contributed by atoms with van der Waals surface area (Å²) in [4.78, 5) is 41.5. The minimum absolute atomic E-state index is 0.0208. The van der Waals surface area contributed by atoms with E-state index in [1.807, 2.05) is 0 Å². The summed E-state index contributed by atoms with van der Waals surface area (Å²) in [5.41, 5.74) is 0.696. The molecule has 0 aliphatic carbocycles. The van der Waals surface area contributed by atoms with Crippen molar-refractivity contribution in [1.29, 1.82) is 0 Å². The van der Waals surface area contributed by atoms with Crippen LogP contribution in [-0.2, 0) is 4.79 Å². The maximum atomic E-state index is 12.5. The van der Waals surface area contributed by atoms with Crippen molar-refractivity contribution in [2.45, 2.75) is 77.7 Å². The maximum absolute atomic E-state index is 12.5. The number of hydrogen-bond donors (Lipinski definition) is 2. The summed E-state index contributed by atoms with van der Waals surface area (Å²) in [5.74, 6) is -0.310. The zero-order chi connectivity index (χ0) is 26.7. The number of H-pyrrole nitrogens is 1. The van der Waals surface area contributed by atoms with Crippen molar-refractivity contribution >= 4 is 11.8 Å². The third-order valence-corrected chi connectivity index (χ3v) is 6.01. The van der Waals surface area contributed by atoms with Gasteiger partial charge in [0.05, 0.1) is 16.3 Å². The molecular weight excluding hydrogens is 464 g/mol. The number of nitrogens with zero attached hydrogens (tertiary/aromatic N) is 2. The van der Waals surface area contributed by atoms with Gasteiger partial charge < -0.3 is 15.2 Å². The average molecular weight is 508 g/mol. The summed E-state index contributed by atoms with van der Waals surface area (Å²) in [7, 11) is 0. The van der Waals surface area contributed by atoms with E-state index >= 15 is 0 Å². The Kier molecular flexibility index (Phi) is 14.4. The van der Waals surface area contributed by atoms with Crippen LogP contribution in [0.1, 0.15) is 80.9 Å². The number of amides is 2.